The monoisotopic (exact) mass is 129 g/mol. The van der Waals surface area contributed by atoms with E-state index in [0.717, 1.165) is 0 Å². The third kappa shape index (κ3) is 0.920. The number of nitrogens with two attached hydrogens (primary N) is 1. The van der Waals surface area contributed by atoms with Gasteiger partial charge in [-0.05, 0) is 12.8 Å². The number of rotatable bonds is 1. The number of carbonyl (C=O) groups is 1. The quantitative estimate of drug-likeness (QED) is 0.507. The van der Waals surface area contributed by atoms with Crippen LogP contribution in [0.15, 0.2) is 0 Å². The highest BCUT2D eigenvalue weighted by molar-refractivity contribution is 5.81. The molecular weight excluding hydrogens is 118 g/mol. The lowest BCUT2D eigenvalue weighted by Crippen LogP contribution is -2.47. The number of primary amides is 1. The Kier molecular flexibility index (Phi) is 1.24. The molecule has 0 aliphatic heterocycles. The van der Waals surface area contributed by atoms with E-state index in [1.54, 1.807) is 6.92 Å². The molecule has 0 atom stereocenters. The molecule has 0 aromatic heterocycles. The fourth-order valence-electron chi connectivity index (χ4n) is 1.18. The van der Waals surface area contributed by atoms with Gasteiger partial charge in [0, 0.05) is 0 Å². The van der Waals surface area contributed by atoms with Crippen molar-refractivity contribution in [2.24, 2.45) is 11.1 Å². The van der Waals surface area contributed by atoms with Crippen molar-refractivity contribution in [1.82, 2.24) is 0 Å². The first-order chi connectivity index (χ1) is 4.04. The molecule has 1 saturated carbocycles. The Bertz CT molecular complexity index is 138. The second-order valence-corrected chi connectivity index (χ2v) is 2.99. The Labute approximate surface area is 53.9 Å². The summed E-state index contributed by atoms with van der Waals surface area (Å²) in [6, 6.07) is 0. The van der Waals surface area contributed by atoms with Gasteiger partial charge in [-0.25, -0.2) is 0 Å². The molecule has 0 unspecified atom stereocenters. The van der Waals surface area contributed by atoms with Gasteiger partial charge in [0.25, 0.3) is 0 Å². The lowest BCUT2D eigenvalue weighted by molar-refractivity contribution is -0.138. The maximum atomic E-state index is 10.6. The first kappa shape index (κ1) is 6.55. The van der Waals surface area contributed by atoms with Gasteiger partial charge in [-0.1, -0.05) is 6.92 Å². The Hall–Kier alpha value is -0.570. The fourth-order valence-corrected chi connectivity index (χ4v) is 1.18. The Morgan fingerprint density at radius 1 is 1.78 bits per heavy atom. The highest BCUT2D eigenvalue weighted by Gasteiger charge is 2.43. The van der Waals surface area contributed by atoms with Crippen LogP contribution in [-0.4, -0.2) is 17.1 Å². The van der Waals surface area contributed by atoms with E-state index in [-0.39, 0.29) is 12.0 Å². The third-order valence-corrected chi connectivity index (χ3v) is 1.97. The minimum Gasteiger partial charge on any atom is -0.393 e. The molecule has 1 aliphatic carbocycles. The van der Waals surface area contributed by atoms with Gasteiger partial charge in [-0.2, -0.15) is 0 Å². The summed E-state index contributed by atoms with van der Waals surface area (Å²) in [5.41, 5.74) is 4.63. The van der Waals surface area contributed by atoms with Crippen LogP contribution < -0.4 is 5.73 Å². The van der Waals surface area contributed by atoms with E-state index in [9.17, 15) is 4.79 Å². The van der Waals surface area contributed by atoms with Gasteiger partial charge in [0.2, 0.25) is 5.91 Å². The van der Waals surface area contributed by atoms with Crippen LogP contribution in [0.1, 0.15) is 19.8 Å². The topological polar surface area (TPSA) is 63.3 Å². The molecule has 3 heteroatoms. The molecule has 3 nitrogen and oxygen atoms in total. The van der Waals surface area contributed by atoms with E-state index < -0.39 is 5.41 Å². The zero-order valence-corrected chi connectivity index (χ0v) is 5.42. The van der Waals surface area contributed by atoms with Gasteiger partial charge < -0.3 is 10.8 Å². The molecule has 1 rings (SSSR count). The van der Waals surface area contributed by atoms with Gasteiger partial charge in [-0.3, -0.25) is 4.79 Å². The number of aliphatic hydroxyl groups excluding tert-OH is 1. The van der Waals surface area contributed by atoms with Crippen LogP contribution in [0.3, 0.4) is 0 Å². The van der Waals surface area contributed by atoms with Crippen molar-refractivity contribution in [3.05, 3.63) is 0 Å². The summed E-state index contributed by atoms with van der Waals surface area (Å²) in [7, 11) is 0. The molecule has 0 radical (unpaired) electrons. The molecule has 52 valence electrons. The summed E-state index contributed by atoms with van der Waals surface area (Å²) in [5.74, 6) is -0.298. The van der Waals surface area contributed by atoms with Gasteiger partial charge in [0.15, 0.2) is 0 Å². The predicted molar refractivity (Wildman–Crippen MR) is 32.5 cm³/mol. The highest BCUT2D eigenvalue weighted by Crippen LogP contribution is 2.39. The molecule has 0 bridgehead atoms. The second-order valence-electron chi connectivity index (χ2n) is 2.99. The Balaban J connectivity index is 2.50. The number of hydrogen-bond donors (Lipinski definition) is 2. The molecule has 0 aromatic carbocycles. The van der Waals surface area contributed by atoms with Crippen LogP contribution in [-0.2, 0) is 4.79 Å². The average molecular weight is 129 g/mol. The average Bonchev–Trinajstić information content (AvgIpc) is 1.62. The van der Waals surface area contributed by atoms with Crippen molar-refractivity contribution in [3.8, 4) is 0 Å². The van der Waals surface area contributed by atoms with Crippen molar-refractivity contribution in [1.29, 1.82) is 0 Å². The molecule has 1 fully saturated rings. The zero-order chi connectivity index (χ0) is 7.07. The normalized spacial score (nSPS) is 41.8. The molecule has 0 aromatic rings. The zero-order valence-electron chi connectivity index (χ0n) is 5.42. The van der Waals surface area contributed by atoms with Gasteiger partial charge in [0.05, 0.1) is 11.5 Å². The minimum atomic E-state index is -0.417. The van der Waals surface area contributed by atoms with Crippen molar-refractivity contribution in [2.45, 2.75) is 25.9 Å². The SMILES string of the molecule is CC1(C(N)=O)CC(O)C1. The number of aliphatic hydroxyl groups is 1. The van der Waals surface area contributed by atoms with E-state index in [1.807, 2.05) is 0 Å². The number of carbonyl (C=O) groups excluding carboxylic acids is 1. The first-order valence-corrected chi connectivity index (χ1v) is 3.02. The molecular formula is C6H11NO2. The van der Waals surface area contributed by atoms with Crippen LogP contribution in [0.4, 0.5) is 0 Å². The minimum absolute atomic E-state index is 0.298. The molecule has 0 spiro atoms. The van der Waals surface area contributed by atoms with Crippen molar-refractivity contribution < 1.29 is 9.90 Å². The predicted octanol–water partition coefficient (Wildman–Crippen LogP) is -0.367. The molecule has 9 heavy (non-hydrogen) atoms. The van der Waals surface area contributed by atoms with Crippen molar-refractivity contribution in [3.63, 3.8) is 0 Å². The van der Waals surface area contributed by atoms with Gasteiger partial charge >= 0.3 is 0 Å². The maximum Gasteiger partial charge on any atom is 0.223 e. The largest absolute Gasteiger partial charge is 0.393 e. The van der Waals surface area contributed by atoms with Crippen LogP contribution in [0.2, 0.25) is 0 Å². The molecule has 1 amide bonds. The van der Waals surface area contributed by atoms with E-state index in [2.05, 4.69) is 0 Å². The van der Waals surface area contributed by atoms with Crippen LogP contribution in [0.25, 0.3) is 0 Å². The Morgan fingerprint density at radius 2 is 2.22 bits per heavy atom. The fraction of sp³-hybridized carbons (Fsp3) is 0.833. The summed E-state index contributed by atoms with van der Waals surface area (Å²) in [4.78, 5) is 10.6. The van der Waals surface area contributed by atoms with Gasteiger partial charge in [0.1, 0.15) is 0 Å². The summed E-state index contributed by atoms with van der Waals surface area (Å²) < 4.78 is 0. The maximum absolute atomic E-state index is 10.6. The third-order valence-electron chi connectivity index (χ3n) is 1.97. The molecule has 0 saturated heterocycles. The van der Waals surface area contributed by atoms with Crippen LogP contribution in [0.5, 0.6) is 0 Å². The second kappa shape index (κ2) is 1.70. The molecule has 0 heterocycles. The first-order valence-electron chi connectivity index (χ1n) is 3.02. The summed E-state index contributed by atoms with van der Waals surface area (Å²) in [6.45, 7) is 1.78. The highest BCUT2D eigenvalue weighted by atomic mass is 16.3. The van der Waals surface area contributed by atoms with Crippen molar-refractivity contribution in [2.75, 3.05) is 0 Å². The number of hydrogen-bond acceptors (Lipinski definition) is 2. The van der Waals surface area contributed by atoms with E-state index in [1.165, 1.54) is 0 Å². The molecule has 1 aliphatic rings. The molecule has 3 N–H and O–H groups in total. The Morgan fingerprint density at radius 3 is 2.33 bits per heavy atom. The summed E-state index contributed by atoms with van der Waals surface area (Å²) in [5, 5.41) is 8.82. The lowest BCUT2D eigenvalue weighted by atomic mass is 9.68. The van der Waals surface area contributed by atoms with E-state index in [0.29, 0.717) is 12.8 Å². The summed E-state index contributed by atoms with van der Waals surface area (Å²) >= 11 is 0. The smallest absolute Gasteiger partial charge is 0.223 e. The van der Waals surface area contributed by atoms with E-state index in [4.69, 9.17) is 10.8 Å². The summed E-state index contributed by atoms with van der Waals surface area (Å²) in [6.07, 6.45) is 0.757. The van der Waals surface area contributed by atoms with Gasteiger partial charge in [-0.15, -0.1) is 0 Å². The van der Waals surface area contributed by atoms with Crippen LogP contribution >= 0.6 is 0 Å². The van der Waals surface area contributed by atoms with Crippen molar-refractivity contribution >= 4 is 5.91 Å². The van der Waals surface area contributed by atoms with E-state index >= 15 is 0 Å². The lowest BCUT2D eigenvalue weighted by Gasteiger charge is -2.39. The number of amides is 1. The van der Waals surface area contributed by atoms with Crippen LogP contribution in [0, 0.1) is 5.41 Å². The standard InChI is InChI=1S/C6H11NO2/c1-6(5(7)9)2-4(8)3-6/h4,8H,2-3H2,1H3,(H2,7,9).